The number of piperidine rings is 2. The van der Waals surface area contributed by atoms with Crippen LogP contribution >= 0.6 is 11.9 Å². The van der Waals surface area contributed by atoms with Crippen molar-refractivity contribution >= 4 is 41.4 Å². The van der Waals surface area contributed by atoms with E-state index < -0.39 is 5.54 Å². The number of hydrogen-bond acceptors (Lipinski definition) is 5. The maximum absolute atomic E-state index is 12.9. The van der Waals surface area contributed by atoms with E-state index >= 15 is 0 Å². The lowest BCUT2D eigenvalue weighted by molar-refractivity contribution is -0.125. The number of amides is 2. The molecule has 1 aliphatic carbocycles. The highest BCUT2D eigenvalue weighted by atomic mass is 32.2. The van der Waals surface area contributed by atoms with Crippen LogP contribution in [0.3, 0.4) is 0 Å². The summed E-state index contributed by atoms with van der Waals surface area (Å²) in [7, 11) is 0. The van der Waals surface area contributed by atoms with Crippen molar-refractivity contribution in [1.82, 2.24) is 9.62 Å². The van der Waals surface area contributed by atoms with Crippen LogP contribution in [0.25, 0.3) is 6.08 Å². The predicted molar refractivity (Wildman–Crippen MR) is 149 cm³/mol. The SMILES string of the molecule is Cc1cc(N2CCCCC2=O)cc(C)c1/C=C/SN1CCC2(CC1)N=C(C1CCC(C)CC1)NC2=O. The maximum Gasteiger partial charge on any atom is 0.253 e. The van der Waals surface area contributed by atoms with E-state index in [0.717, 1.165) is 75.6 Å². The predicted octanol–water partition coefficient (Wildman–Crippen LogP) is 5.63. The van der Waals surface area contributed by atoms with Crippen LogP contribution in [0.5, 0.6) is 0 Å². The molecule has 7 heteroatoms. The number of anilines is 1. The summed E-state index contributed by atoms with van der Waals surface area (Å²) in [6.07, 6.45) is 11.3. The molecular weight excluding hydrogens is 468 g/mol. The Bertz CT molecular complexity index is 1040. The van der Waals surface area contributed by atoms with E-state index in [4.69, 9.17) is 4.99 Å². The molecule has 1 N–H and O–H groups in total. The molecule has 2 amide bonds. The molecule has 2 saturated heterocycles. The Morgan fingerprint density at radius 1 is 1.03 bits per heavy atom. The van der Waals surface area contributed by atoms with Crippen molar-refractivity contribution in [3.63, 3.8) is 0 Å². The van der Waals surface area contributed by atoms with Gasteiger partial charge in [-0.05, 0) is 98.6 Å². The van der Waals surface area contributed by atoms with E-state index in [1.165, 1.54) is 29.5 Å². The van der Waals surface area contributed by atoms with Gasteiger partial charge in [-0.25, -0.2) is 4.31 Å². The van der Waals surface area contributed by atoms with Crippen molar-refractivity contribution in [1.29, 1.82) is 0 Å². The van der Waals surface area contributed by atoms with Crippen LogP contribution in [0, 0.1) is 25.7 Å². The summed E-state index contributed by atoms with van der Waals surface area (Å²) in [6.45, 7) is 9.11. The molecule has 1 aromatic carbocycles. The first-order chi connectivity index (χ1) is 17.3. The molecular formula is C29H40N4O2S. The monoisotopic (exact) mass is 508 g/mol. The van der Waals surface area contributed by atoms with Gasteiger partial charge in [0.2, 0.25) is 5.91 Å². The summed E-state index contributed by atoms with van der Waals surface area (Å²) in [6, 6.07) is 4.29. The zero-order valence-corrected chi connectivity index (χ0v) is 22.8. The number of nitrogens with zero attached hydrogens (tertiary/aromatic N) is 3. The quantitative estimate of drug-likeness (QED) is 0.524. The first kappa shape index (κ1) is 25.5. The second kappa shape index (κ2) is 10.7. The second-order valence-corrected chi connectivity index (χ2v) is 12.3. The molecule has 3 aliphatic heterocycles. The van der Waals surface area contributed by atoms with Gasteiger partial charge in [0, 0.05) is 37.7 Å². The Hall–Kier alpha value is -2.12. The molecule has 5 rings (SSSR count). The van der Waals surface area contributed by atoms with Crippen LogP contribution < -0.4 is 10.2 Å². The van der Waals surface area contributed by atoms with Crippen molar-refractivity contribution in [2.45, 2.75) is 84.1 Å². The van der Waals surface area contributed by atoms with E-state index in [-0.39, 0.29) is 11.8 Å². The molecule has 3 heterocycles. The molecule has 194 valence electrons. The summed E-state index contributed by atoms with van der Waals surface area (Å²) in [5.74, 6) is 2.56. The van der Waals surface area contributed by atoms with E-state index in [9.17, 15) is 9.59 Å². The fraction of sp³-hybridized carbons (Fsp3) is 0.621. The van der Waals surface area contributed by atoms with Crippen molar-refractivity contribution < 1.29 is 9.59 Å². The summed E-state index contributed by atoms with van der Waals surface area (Å²) in [4.78, 5) is 32.2. The fourth-order valence-corrected chi connectivity index (χ4v) is 6.97. The highest BCUT2D eigenvalue weighted by Crippen LogP contribution is 2.37. The average Bonchev–Trinajstić information content (AvgIpc) is 3.18. The van der Waals surface area contributed by atoms with E-state index in [0.29, 0.717) is 12.3 Å². The minimum atomic E-state index is -0.548. The third kappa shape index (κ3) is 5.28. The first-order valence-electron chi connectivity index (χ1n) is 13.8. The maximum atomic E-state index is 12.9. The zero-order chi connectivity index (χ0) is 25.3. The lowest BCUT2D eigenvalue weighted by Gasteiger charge is -2.34. The topological polar surface area (TPSA) is 65.0 Å². The molecule has 0 bridgehead atoms. The molecule has 3 fully saturated rings. The minimum absolute atomic E-state index is 0.120. The summed E-state index contributed by atoms with van der Waals surface area (Å²) >= 11 is 1.72. The smallest absolute Gasteiger partial charge is 0.253 e. The molecule has 0 aromatic heterocycles. The number of aryl methyl sites for hydroxylation is 2. The number of rotatable bonds is 5. The van der Waals surface area contributed by atoms with Gasteiger partial charge >= 0.3 is 0 Å². The molecule has 0 radical (unpaired) electrons. The fourth-order valence-electron chi connectivity index (χ4n) is 6.20. The Balaban J connectivity index is 1.17. The lowest BCUT2D eigenvalue weighted by Crippen LogP contribution is -2.47. The van der Waals surface area contributed by atoms with Crippen LogP contribution in [0.2, 0.25) is 0 Å². The largest absolute Gasteiger partial charge is 0.312 e. The number of aliphatic imine (C=N–C) groups is 1. The molecule has 1 spiro atoms. The van der Waals surface area contributed by atoms with Crippen LogP contribution in [0.15, 0.2) is 22.5 Å². The Morgan fingerprint density at radius 2 is 1.72 bits per heavy atom. The standard InChI is InChI=1S/C29H40N4O2S/c1-20-7-9-23(10-8-20)27-30-28(35)29(31-27)12-15-32(16-13-29)36-17-11-25-21(2)18-24(19-22(25)3)33-14-5-4-6-26(33)34/h11,17-20,23H,4-10,12-16H2,1-3H3,(H,30,31,35)/b17-11+. The third-order valence-electron chi connectivity index (χ3n) is 8.61. The van der Waals surface area contributed by atoms with Crippen LogP contribution in [0.1, 0.15) is 81.4 Å². The number of amidine groups is 1. The van der Waals surface area contributed by atoms with Gasteiger partial charge in [-0.2, -0.15) is 0 Å². The van der Waals surface area contributed by atoms with Gasteiger partial charge < -0.3 is 10.2 Å². The molecule has 0 atom stereocenters. The van der Waals surface area contributed by atoms with Gasteiger partial charge in [-0.15, -0.1) is 0 Å². The Labute approximate surface area is 220 Å². The van der Waals surface area contributed by atoms with Crippen LogP contribution in [-0.4, -0.2) is 47.1 Å². The first-order valence-corrected chi connectivity index (χ1v) is 14.6. The van der Waals surface area contributed by atoms with Gasteiger partial charge in [0.1, 0.15) is 11.4 Å². The highest BCUT2D eigenvalue weighted by Gasteiger charge is 2.47. The minimum Gasteiger partial charge on any atom is -0.312 e. The van der Waals surface area contributed by atoms with Crippen LogP contribution in [0.4, 0.5) is 5.69 Å². The highest BCUT2D eigenvalue weighted by molar-refractivity contribution is 8.00. The van der Waals surface area contributed by atoms with Gasteiger partial charge in [-0.3, -0.25) is 14.6 Å². The van der Waals surface area contributed by atoms with Gasteiger partial charge in [0.05, 0.1) is 0 Å². The van der Waals surface area contributed by atoms with Gasteiger partial charge in [0.15, 0.2) is 0 Å². The van der Waals surface area contributed by atoms with Gasteiger partial charge in [0.25, 0.3) is 5.91 Å². The number of carbonyl (C=O) groups is 2. The molecule has 36 heavy (non-hydrogen) atoms. The van der Waals surface area contributed by atoms with Crippen molar-refractivity contribution in [2.24, 2.45) is 16.8 Å². The van der Waals surface area contributed by atoms with E-state index in [2.05, 4.69) is 54.0 Å². The molecule has 1 saturated carbocycles. The number of nitrogens with one attached hydrogen (secondary N) is 1. The second-order valence-electron chi connectivity index (χ2n) is 11.3. The molecule has 6 nitrogen and oxygen atoms in total. The van der Waals surface area contributed by atoms with Gasteiger partial charge in [-0.1, -0.05) is 31.7 Å². The summed E-state index contributed by atoms with van der Waals surface area (Å²) in [5, 5.41) is 5.33. The van der Waals surface area contributed by atoms with E-state index in [1.54, 1.807) is 11.9 Å². The molecule has 0 unspecified atom stereocenters. The third-order valence-corrected chi connectivity index (χ3v) is 9.53. The lowest BCUT2D eigenvalue weighted by atomic mass is 9.82. The Kier molecular flexibility index (Phi) is 7.59. The molecule has 4 aliphatic rings. The zero-order valence-electron chi connectivity index (χ0n) is 22.0. The number of carbonyl (C=O) groups excluding carboxylic acids is 2. The van der Waals surface area contributed by atoms with E-state index in [1.807, 2.05) is 4.90 Å². The number of benzene rings is 1. The van der Waals surface area contributed by atoms with Crippen molar-refractivity contribution in [3.8, 4) is 0 Å². The molecule has 1 aromatic rings. The average molecular weight is 509 g/mol. The number of hydrogen-bond donors (Lipinski definition) is 1. The normalized spacial score (nSPS) is 27.1. The van der Waals surface area contributed by atoms with Crippen molar-refractivity contribution in [3.05, 3.63) is 34.2 Å². The van der Waals surface area contributed by atoms with Crippen LogP contribution in [-0.2, 0) is 9.59 Å². The summed E-state index contributed by atoms with van der Waals surface area (Å²) in [5.41, 5.74) is 4.08. The summed E-state index contributed by atoms with van der Waals surface area (Å²) < 4.78 is 2.34. The Morgan fingerprint density at radius 3 is 2.39 bits per heavy atom. The van der Waals surface area contributed by atoms with Crippen molar-refractivity contribution in [2.75, 3.05) is 24.5 Å².